The van der Waals surface area contributed by atoms with Crippen molar-refractivity contribution in [2.75, 3.05) is 11.9 Å². The fourth-order valence-corrected chi connectivity index (χ4v) is 2.97. The van der Waals surface area contributed by atoms with E-state index in [-0.39, 0.29) is 5.91 Å². The predicted octanol–water partition coefficient (Wildman–Crippen LogP) is 4.20. The molecule has 1 aromatic carbocycles. The second kappa shape index (κ2) is 8.26. The number of nitrogens with zero attached hydrogens (tertiary/aromatic N) is 2. The summed E-state index contributed by atoms with van der Waals surface area (Å²) in [7, 11) is 0. The first-order valence-corrected chi connectivity index (χ1v) is 9.19. The number of anilines is 1. The summed E-state index contributed by atoms with van der Waals surface area (Å²) < 4.78 is 0. The van der Waals surface area contributed by atoms with Crippen molar-refractivity contribution in [3.8, 4) is 0 Å². The van der Waals surface area contributed by atoms with Gasteiger partial charge in [-0.3, -0.25) is 14.7 Å². The molecule has 4 heteroatoms. The van der Waals surface area contributed by atoms with Crippen LogP contribution in [-0.4, -0.2) is 28.4 Å². The van der Waals surface area contributed by atoms with E-state index in [2.05, 4.69) is 41.2 Å². The number of carbonyl (C=O) groups excluding carboxylic acids is 1. The van der Waals surface area contributed by atoms with Crippen LogP contribution in [0.2, 0.25) is 0 Å². The van der Waals surface area contributed by atoms with E-state index in [4.69, 9.17) is 0 Å². The molecule has 2 aromatic rings. The highest BCUT2D eigenvalue weighted by Crippen LogP contribution is 2.28. The summed E-state index contributed by atoms with van der Waals surface area (Å²) in [5.41, 5.74) is 3.20. The van der Waals surface area contributed by atoms with Crippen molar-refractivity contribution in [1.82, 2.24) is 9.88 Å². The molecule has 1 N–H and O–H groups in total. The highest BCUT2D eigenvalue weighted by molar-refractivity contribution is 5.92. The molecule has 0 bridgehead atoms. The minimum Gasteiger partial charge on any atom is -0.325 e. The standard InChI is InChI=1S/C21H27N3O/c1-3-16(2)17-7-9-18(10-8-17)23-21(25)15-24(20-11-12-20)14-19-6-4-5-13-22-19/h4-10,13,16,20H,3,11-12,14-15H2,1-2H3,(H,23,25)/t16-/m0/s1. The molecule has 0 aliphatic heterocycles. The summed E-state index contributed by atoms with van der Waals surface area (Å²) in [6.07, 6.45) is 5.27. The maximum atomic E-state index is 12.4. The molecule has 0 spiro atoms. The van der Waals surface area contributed by atoms with E-state index >= 15 is 0 Å². The lowest BCUT2D eigenvalue weighted by Gasteiger charge is -2.21. The molecule has 1 amide bonds. The Hall–Kier alpha value is -2.20. The van der Waals surface area contributed by atoms with Gasteiger partial charge in [0, 0.05) is 24.5 Å². The molecule has 0 radical (unpaired) electrons. The Morgan fingerprint density at radius 3 is 2.60 bits per heavy atom. The molecule has 1 aliphatic carbocycles. The number of amides is 1. The molecule has 1 heterocycles. The van der Waals surface area contributed by atoms with E-state index in [9.17, 15) is 4.79 Å². The first kappa shape index (κ1) is 17.6. The minimum absolute atomic E-state index is 0.0409. The second-order valence-corrected chi connectivity index (χ2v) is 6.94. The average molecular weight is 337 g/mol. The predicted molar refractivity (Wildman–Crippen MR) is 101 cm³/mol. The first-order chi connectivity index (χ1) is 12.2. The Bertz CT molecular complexity index is 680. The largest absolute Gasteiger partial charge is 0.325 e. The van der Waals surface area contributed by atoms with Gasteiger partial charge in [0.25, 0.3) is 0 Å². The SMILES string of the molecule is CC[C@H](C)c1ccc(NC(=O)CN(Cc2ccccn2)C2CC2)cc1. The van der Waals surface area contributed by atoms with Gasteiger partial charge >= 0.3 is 0 Å². The number of pyridine rings is 1. The second-order valence-electron chi connectivity index (χ2n) is 6.94. The zero-order valence-corrected chi connectivity index (χ0v) is 15.1. The van der Waals surface area contributed by atoms with E-state index < -0.39 is 0 Å². The summed E-state index contributed by atoms with van der Waals surface area (Å²) in [6, 6.07) is 14.7. The van der Waals surface area contributed by atoms with Crippen molar-refractivity contribution in [3.63, 3.8) is 0 Å². The molecule has 3 rings (SSSR count). The number of rotatable bonds is 8. The van der Waals surface area contributed by atoms with Crippen LogP contribution in [-0.2, 0) is 11.3 Å². The van der Waals surface area contributed by atoms with Gasteiger partial charge in [-0.05, 0) is 55.0 Å². The van der Waals surface area contributed by atoms with Gasteiger partial charge in [-0.2, -0.15) is 0 Å². The van der Waals surface area contributed by atoms with Gasteiger partial charge in [-0.15, -0.1) is 0 Å². The lowest BCUT2D eigenvalue weighted by atomic mass is 9.99. The molecular formula is C21H27N3O. The fourth-order valence-electron chi connectivity index (χ4n) is 2.97. The Morgan fingerprint density at radius 2 is 2.00 bits per heavy atom. The highest BCUT2D eigenvalue weighted by atomic mass is 16.2. The molecule has 0 unspecified atom stereocenters. The Morgan fingerprint density at radius 1 is 1.24 bits per heavy atom. The van der Waals surface area contributed by atoms with Gasteiger partial charge in [-0.25, -0.2) is 0 Å². The van der Waals surface area contributed by atoms with Crippen molar-refractivity contribution in [3.05, 3.63) is 59.9 Å². The summed E-state index contributed by atoms with van der Waals surface area (Å²) in [5.74, 6) is 0.590. The van der Waals surface area contributed by atoms with Gasteiger partial charge in [0.05, 0.1) is 12.2 Å². The smallest absolute Gasteiger partial charge is 0.238 e. The maximum absolute atomic E-state index is 12.4. The van der Waals surface area contributed by atoms with Gasteiger partial charge in [0.2, 0.25) is 5.91 Å². The third-order valence-corrected chi connectivity index (χ3v) is 4.88. The molecule has 25 heavy (non-hydrogen) atoms. The lowest BCUT2D eigenvalue weighted by Crippen LogP contribution is -2.34. The Balaban J connectivity index is 1.56. The fraction of sp³-hybridized carbons (Fsp3) is 0.429. The van der Waals surface area contributed by atoms with Gasteiger partial charge in [-0.1, -0.05) is 32.0 Å². The molecule has 4 nitrogen and oxygen atoms in total. The summed E-state index contributed by atoms with van der Waals surface area (Å²) in [6.45, 7) is 5.55. The van der Waals surface area contributed by atoms with E-state index in [1.54, 1.807) is 6.20 Å². The average Bonchev–Trinajstić information content (AvgIpc) is 3.47. The molecule has 1 aliphatic rings. The summed E-state index contributed by atoms with van der Waals surface area (Å²) >= 11 is 0. The molecule has 1 saturated carbocycles. The number of carbonyl (C=O) groups is 1. The Labute approximate surface area is 150 Å². The third-order valence-electron chi connectivity index (χ3n) is 4.88. The van der Waals surface area contributed by atoms with E-state index in [1.807, 2.05) is 30.3 Å². The normalized spacial score (nSPS) is 15.2. The van der Waals surface area contributed by atoms with E-state index in [1.165, 1.54) is 18.4 Å². The van der Waals surface area contributed by atoms with Crippen LogP contribution < -0.4 is 5.32 Å². The van der Waals surface area contributed by atoms with Gasteiger partial charge in [0.15, 0.2) is 0 Å². The van der Waals surface area contributed by atoms with Gasteiger partial charge in [0.1, 0.15) is 0 Å². The molecule has 132 valence electrons. The topological polar surface area (TPSA) is 45.2 Å². The quantitative estimate of drug-likeness (QED) is 0.785. The minimum atomic E-state index is 0.0409. The third kappa shape index (κ3) is 5.13. The number of hydrogen-bond donors (Lipinski definition) is 1. The summed E-state index contributed by atoms with van der Waals surface area (Å²) in [5, 5.41) is 3.02. The van der Waals surface area contributed by atoms with E-state index in [0.717, 1.165) is 24.3 Å². The van der Waals surface area contributed by atoms with Crippen LogP contribution in [0, 0.1) is 0 Å². The van der Waals surface area contributed by atoms with Gasteiger partial charge < -0.3 is 5.32 Å². The molecular weight excluding hydrogens is 310 g/mol. The van der Waals surface area contributed by atoms with Crippen molar-refractivity contribution in [2.45, 2.75) is 51.6 Å². The number of nitrogens with one attached hydrogen (secondary N) is 1. The van der Waals surface area contributed by atoms with Crippen LogP contribution in [0.3, 0.4) is 0 Å². The van der Waals surface area contributed by atoms with E-state index in [0.29, 0.717) is 18.5 Å². The van der Waals surface area contributed by atoms with Crippen LogP contribution in [0.15, 0.2) is 48.7 Å². The molecule has 1 atom stereocenters. The Kier molecular flexibility index (Phi) is 5.82. The van der Waals surface area contributed by atoms with Crippen molar-refractivity contribution in [1.29, 1.82) is 0 Å². The number of benzene rings is 1. The van der Waals surface area contributed by atoms with Crippen LogP contribution in [0.5, 0.6) is 0 Å². The van der Waals surface area contributed by atoms with Crippen LogP contribution >= 0.6 is 0 Å². The first-order valence-electron chi connectivity index (χ1n) is 9.19. The monoisotopic (exact) mass is 337 g/mol. The van der Waals surface area contributed by atoms with Crippen LogP contribution in [0.25, 0.3) is 0 Å². The number of aromatic nitrogens is 1. The van der Waals surface area contributed by atoms with Crippen molar-refractivity contribution < 1.29 is 4.79 Å². The number of hydrogen-bond acceptors (Lipinski definition) is 3. The maximum Gasteiger partial charge on any atom is 0.238 e. The highest BCUT2D eigenvalue weighted by Gasteiger charge is 2.30. The van der Waals surface area contributed by atoms with Crippen molar-refractivity contribution in [2.24, 2.45) is 0 Å². The van der Waals surface area contributed by atoms with Crippen molar-refractivity contribution >= 4 is 11.6 Å². The lowest BCUT2D eigenvalue weighted by molar-refractivity contribution is -0.117. The zero-order valence-electron chi connectivity index (χ0n) is 15.1. The molecule has 1 aromatic heterocycles. The van der Waals surface area contributed by atoms with Crippen LogP contribution in [0.4, 0.5) is 5.69 Å². The molecule has 0 saturated heterocycles. The summed E-state index contributed by atoms with van der Waals surface area (Å²) in [4.78, 5) is 19.1. The van der Waals surface area contributed by atoms with Crippen LogP contribution in [0.1, 0.15) is 50.3 Å². The zero-order chi connectivity index (χ0) is 17.6. The molecule has 1 fully saturated rings.